The molecule has 3 heteroatoms. The second-order valence-corrected chi connectivity index (χ2v) is 5.48. The van der Waals surface area contributed by atoms with Gasteiger partial charge < -0.3 is 5.11 Å². The Balaban J connectivity index is 2.31. The Bertz CT molecular complexity index is 552. The molecule has 0 aliphatic rings. The van der Waals surface area contributed by atoms with Crippen molar-refractivity contribution in [2.45, 2.75) is 36.8 Å². The summed E-state index contributed by atoms with van der Waals surface area (Å²) >= 11 is 1.59. The zero-order valence-electron chi connectivity index (χ0n) is 10.8. The molecule has 0 aliphatic carbocycles. The number of nitrogens with zero attached hydrogens (tertiary/aromatic N) is 1. The van der Waals surface area contributed by atoms with Crippen LogP contribution < -0.4 is 0 Å². The van der Waals surface area contributed by atoms with Crippen LogP contribution in [0.2, 0.25) is 0 Å². The molecule has 2 rings (SSSR count). The van der Waals surface area contributed by atoms with Gasteiger partial charge in [-0.25, -0.2) is 4.98 Å². The minimum absolute atomic E-state index is 0.493. The lowest BCUT2D eigenvalue weighted by Crippen LogP contribution is -1.95. The van der Waals surface area contributed by atoms with Crippen LogP contribution in [-0.2, 0) is 0 Å². The van der Waals surface area contributed by atoms with Gasteiger partial charge in [0.1, 0.15) is 5.03 Å². The summed E-state index contributed by atoms with van der Waals surface area (Å²) in [5, 5.41) is 10.6. The normalized spacial score (nSPS) is 12.4. The Hall–Kier alpha value is -1.32. The molecule has 0 radical (unpaired) electrons. The first kappa shape index (κ1) is 13.1. The maximum atomic E-state index is 9.73. The van der Waals surface area contributed by atoms with Crippen LogP contribution in [-0.4, -0.2) is 10.1 Å². The highest BCUT2D eigenvalue weighted by molar-refractivity contribution is 7.99. The number of rotatable bonds is 3. The third kappa shape index (κ3) is 2.92. The van der Waals surface area contributed by atoms with E-state index in [-0.39, 0.29) is 0 Å². The van der Waals surface area contributed by atoms with E-state index < -0.39 is 6.10 Å². The molecule has 2 nitrogen and oxygen atoms in total. The lowest BCUT2D eigenvalue weighted by Gasteiger charge is -2.10. The van der Waals surface area contributed by atoms with Crippen LogP contribution in [0, 0.1) is 13.8 Å². The monoisotopic (exact) mass is 259 g/mol. The van der Waals surface area contributed by atoms with Gasteiger partial charge in [0.15, 0.2) is 0 Å². The molecule has 1 N–H and O–H groups in total. The van der Waals surface area contributed by atoms with E-state index in [4.69, 9.17) is 0 Å². The number of hydrogen-bond donors (Lipinski definition) is 1. The molecule has 0 amide bonds. The SMILES string of the molecule is Cc1ccc(Sc2ncccc2C(C)O)cc1C. The molecule has 1 atom stereocenters. The van der Waals surface area contributed by atoms with E-state index in [0.29, 0.717) is 0 Å². The van der Waals surface area contributed by atoms with Gasteiger partial charge >= 0.3 is 0 Å². The summed E-state index contributed by atoms with van der Waals surface area (Å²) < 4.78 is 0. The van der Waals surface area contributed by atoms with Crippen molar-refractivity contribution in [3.05, 3.63) is 53.2 Å². The molecule has 18 heavy (non-hydrogen) atoms. The summed E-state index contributed by atoms with van der Waals surface area (Å²) in [5.74, 6) is 0. The van der Waals surface area contributed by atoms with E-state index in [2.05, 4.69) is 37.0 Å². The maximum absolute atomic E-state index is 9.73. The number of hydrogen-bond acceptors (Lipinski definition) is 3. The quantitative estimate of drug-likeness (QED) is 0.907. The first-order chi connectivity index (χ1) is 8.58. The van der Waals surface area contributed by atoms with E-state index >= 15 is 0 Å². The highest BCUT2D eigenvalue weighted by atomic mass is 32.2. The standard InChI is InChI=1S/C15H17NOS/c1-10-6-7-13(9-11(10)2)18-15-14(12(3)17)5-4-8-16-15/h4-9,12,17H,1-3H3. The molecule has 0 aliphatic heterocycles. The number of aliphatic hydroxyl groups excluding tert-OH is 1. The molecule has 2 aromatic rings. The predicted molar refractivity (Wildman–Crippen MR) is 74.9 cm³/mol. The highest BCUT2D eigenvalue weighted by Crippen LogP contribution is 2.32. The third-order valence-corrected chi connectivity index (χ3v) is 3.97. The zero-order chi connectivity index (χ0) is 13.1. The van der Waals surface area contributed by atoms with Gasteiger partial charge in [-0.2, -0.15) is 0 Å². The molecular formula is C15H17NOS. The topological polar surface area (TPSA) is 33.1 Å². The van der Waals surface area contributed by atoms with Gasteiger partial charge in [0.2, 0.25) is 0 Å². The molecule has 94 valence electrons. The van der Waals surface area contributed by atoms with Gasteiger partial charge in [-0.15, -0.1) is 0 Å². The van der Waals surface area contributed by atoms with E-state index in [1.165, 1.54) is 11.1 Å². The number of aliphatic hydroxyl groups is 1. The lowest BCUT2D eigenvalue weighted by atomic mass is 10.1. The second-order valence-electron chi connectivity index (χ2n) is 4.42. The van der Waals surface area contributed by atoms with Crippen molar-refractivity contribution in [3.8, 4) is 0 Å². The van der Waals surface area contributed by atoms with Gasteiger partial charge in [0.05, 0.1) is 6.10 Å². The molecule has 1 heterocycles. The Labute approximate surface area is 112 Å². The van der Waals surface area contributed by atoms with Crippen LogP contribution in [0.4, 0.5) is 0 Å². The largest absolute Gasteiger partial charge is 0.389 e. The molecule has 0 saturated heterocycles. The van der Waals surface area contributed by atoms with Crippen LogP contribution in [0.5, 0.6) is 0 Å². The van der Waals surface area contributed by atoms with Gasteiger partial charge in [-0.05, 0) is 50.1 Å². The van der Waals surface area contributed by atoms with Crippen molar-refractivity contribution in [3.63, 3.8) is 0 Å². The molecule has 0 bridgehead atoms. The number of aromatic nitrogens is 1. The number of pyridine rings is 1. The molecule has 0 fully saturated rings. The highest BCUT2D eigenvalue weighted by Gasteiger charge is 2.10. The smallest absolute Gasteiger partial charge is 0.106 e. The summed E-state index contributed by atoms with van der Waals surface area (Å²) in [6.07, 6.45) is 1.27. The third-order valence-electron chi connectivity index (χ3n) is 2.94. The summed E-state index contributed by atoms with van der Waals surface area (Å²) in [7, 11) is 0. The van der Waals surface area contributed by atoms with Gasteiger partial charge in [-0.1, -0.05) is 23.9 Å². The minimum Gasteiger partial charge on any atom is -0.389 e. The first-order valence-electron chi connectivity index (χ1n) is 5.96. The maximum Gasteiger partial charge on any atom is 0.106 e. The van der Waals surface area contributed by atoms with Crippen LogP contribution in [0.3, 0.4) is 0 Å². The second kappa shape index (κ2) is 5.55. The van der Waals surface area contributed by atoms with Crippen molar-refractivity contribution in [1.82, 2.24) is 4.98 Å². The fraction of sp³-hybridized carbons (Fsp3) is 0.267. The van der Waals surface area contributed by atoms with E-state index in [1.807, 2.05) is 12.1 Å². The van der Waals surface area contributed by atoms with E-state index in [1.54, 1.807) is 24.9 Å². The summed E-state index contributed by atoms with van der Waals surface area (Å²) in [6.45, 7) is 5.97. The Morgan fingerprint density at radius 2 is 1.94 bits per heavy atom. The molecular weight excluding hydrogens is 242 g/mol. The van der Waals surface area contributed by atoms with Crippen molar-refractivity contribution < 1.29 is 5.11 Å². The van der Waals surface area contributed by atoms with Crippen molar-refractivity contribution in [2.24, 2.45) is 0 Å². The van der Waals surface area contributed by atoms with Gasteiger partial charge in [0, 0.05) is 16.7 Å². The van der Waals surface area contributed by atoms with Crippen molar-refractivity contribution >= 4 is 11.8 Å². The molecule has 1 aromatic carbocycles. The summed E-state index contributed by atoms with van der Waals surface area (Å²) in [4.78, 5) is 5.50. The first-order valence-corrected chi connectivity index (χ1v) is 6.77. The molecule has 0 saturated carbocycles. The van der Waals surface area contributed by atoms with E-state index in [0.717, 1.165) is 15.5 Å². The number of benzene rings is 1. The zero-order valence-corrected chi connectivity index (χ0v) is 11.7. The molecule has 1 unspecified atom stereocenters. The van der Waals surface area contributed by atoms with Crippen LogP contribution in [0.1, 0.15) is 29.7 Å². The Kier molecular flexibility index (Phi) is 4.04. The summed E-state index contributed by atoms with van der Waals surface area (Å²) in [6, 6.07) is 10.1. The van der Waals surface area contributed by atoms with Gasteiger partial charge in [-0.3, -0.25) is 0 Å². The Morgan fingerprint density at radius 3 is 2.61 bits per heavy atom. The predicted octanol–water partition coefficient (Wildman–Crippen LogP) is 3.90. The lowest BCUT2D eigenvalue weighted by molar-refractivity contribution is 0.195. The molecule has 0 spiro atoms. The molecule has 1 aromatic heterocycles. The summed E-state index contributed by atoms with van der Waals surface area (Å²) in [5.41, 5.74) is 3.44. The number of aryl methyl sites for hydroxylation is 2. The average Bonchev–Trinajstić information content (AvgIpc) is 2.34. The van der Waals surface area contributed by atoms with Gasteiger partial charge in [0.25, 0.3) is 0 Å². The van der Waals surface area contributed by atoms with E-state index in [9.17, 15) is 5.11 Å². The van der Waals surface area contributed by atoms with Crippen molar-refractivity contribution in [1.29, 1.82) is 0 Å². The fourth-order valence-corrected chi connectivity index (χ4v) is 2.76. The fourth-order valence-electron chi connectivity index (χ4n) is 1.70. The average molecular weight is 259 g/mol. The van der Waals surface area contributed by atoms with Crippen LogP contribution in [0.25, 0.3) is 0 Å². The van der Waals surface area contributed by atoms with Crippen LogP contribution >= 0.6 is 11.8 Å². The van der Waals surface area contributed by atoms with Crippen molar-refractivity contribution in [2.75, 3.05) is 0 Å². The Morgan fingerprint density at radius 1 is 1.17 bits per heavy atom. The minimum atomic E-state index is -0.493. The van der Waals surface area contributed by atoms with Crippen LogP contribution in [0.15, 0.2) is 46.5 Å².